The highest BCUT2D eigenvalue weighted by Gasteiger charge is 2.29. The van der Waals surface area contributed by atoms with Crippen molar-refractivity contribution in [2.75, 3.05) is 40.3 Å². The van der Waals surface area contributed by atoms with E-state index in [1.807, 2.05) is 0 Å². The summed E-state index contributed by atoms with van der Waals surface area (Å²) in [5.74, 6) is 0. The number of piperazine rings is 1. The summed E-state index contributed by atoms with van der Waals surface area (Å²) in [4.78, 5) is 4.96. The van der Waals surface area contributed by atoms with Gasteiger partial charge in [0.1, 0.15) is 0 Å². The Hall–Kier alpha value is -0.420. The Bertz CT molecular complexity index is 339. The summed E-state index contributed by atoms with van der Waals surface area (Å²) in [5.41, 5.74) is 1.47. The standard InChI is InChI=1S/C14H25N3S/c1-4-15-13(9-12-5-8-18-11-12)14-10-16(2)6-7-17(14)3/h5,8,11,13-15H,4,6-7,9-10H2,1-3H3. The van der Waals surface area contributed by atoms with E-state index in [1.165, 1.54) is 18.7 Å². The lowest BCUT2D eigenvalue weighted by Gasteiger charge is -2.42. The first-order valence-electron chi connectivity index (χ1n) is 6.84. The van der Waals surface area contributed by atoms with Gasteiger partial charge >= 0.3 is 0 Å². The maximum atomic E-state index is 3.68. The maximum Gasteiger partial charge on any atom is 0.0377 e. The minimum Gasteiger partial charge on any atom is -0.312 e. The highest BCUT2D eigenvalue weighted by Crippen LogP contribution is 2.16. The van der Waals surface area contributed by atoms with Gasteiger partial charge in [-0.3, -0.25) is 4.90 Å². The van der Waals surface area contributed by atoms with E-state index >= 15 is 0 Å². The van der Waals surface area contributed by atoms with E-state index in [0.717, 1.165) is 19.5 Å². The van der Waals surface area contributed by atoms with E-state index in [2.05, 4.69) is 53.0 Å². The molecule has 0 radical (unpaired) electrons. The molecule has 2 rings (SSSR count). The van der Waals surface area contributed by atoms with Crippen LogP contribution >= 0.6 is 11.3 Å². The molecule has 0 aliphatic carbocycles. The molecule has 1 N–H and O–H groups in total. The third-order valence-corrected chi connectivity index (χ3v) is 4.60. The fraction of sp³-hybridized carbons (Fsp3) is 0.714. The minimum absolute atomic E-state index is 0.553. The number of hydrogen-bond donors (Lipinski definition) is 1. The Kier molecular flexibility index (Phi) is 5.18. The van der Waals surface area contributed by atoms with Gasteiger partial charge in [0.25, 0.3) is 0 Å². The second kappa shape index (κ2) is 6.66. The largest absolute Gasteiger partial charge is 0.312 e. The van der Waals surface area contributed by atoms with Crippen molar-refractivity contribution < 1.29 is 0 Å². The molecule has 0 amide bonds. The first-order chi connectivity index (χ1) is 8.70. The molecule has 18 heavy (non-hydrogen) atoms. The molecule has 1 fully saturated rings. The Morgan fingerprint density at radius 1 is 1.44 bits per heavy atom. The summed E-state index contributed by atoms with van der Waals surface area (Å²) in [6, 6.07) is 3.42. The van der Waals surface area contributed by atoms with Crippen LogP contribution in [0.2, 0.25) is 0 Å². The second-order valence-corrected chi connectivity index (χ2v) is 6.09. The second-order valence-electron chi connectivity index (χ2n) is 5.31. The SMILES string of the molecule is CCNC(Cc1ccsc1)C1CN(C)CCN1C. The third kappa shape index (κ3) is 3.54. The van der Waals surface area contributed by atoms with Gasteiger partial charge in [-0.2, -0.15) is 11.3 Å². The highest BCUT2D eigenvalue weighted by atomic mass is 32.1. The van der Waals surface area contributed by atoms with Crippen molar-refractivity contribution in [3.63, 3.8) is 0 Å². The van der Waals surface area contributed by atoms with Crippen molar-refractivity contribution in [3.8, 4) is 0 Å². The summed E-state index contributed by atoms with van der Waals surface area (Å²) < 4.78 is 0. The van der Waals surface area contributed by atoms with Crippen LogP contribution in [-0.2, 0) is 6.42 Å². The number of nitrogens with zero attached hydrogens (tertiary/aromatic N) is 2. The lowest BCUT2D eigenvalue weighted by atomic mass is 9.98. The van der Waals surface area contributed by atoms with Crippen LogP contribution in [-0.4, -0.2) is 62.2 Å². The zero-order valence-corrected chi connectivity index (χ0v) is 12.5. The van der Waals surface area contributed by atoms with Crippen LogP contribution in [0, 0.1) is 0 Å². The van der Waals surface area contributed by atoms with Gasteiger partial charge in [0.2, 0.25) is 0 Å². The normalized spacial score (nSPS) is 24.3. The first-order valence-corrected chi connectivity index (χ1v) is 7.78. The van der Waals surface area contributed by atoms with Crippen LogP contribution in [0.4, 0.5) is 0 Å². The fourth-order valence-corrected chi connectivity index (χ4v) is 3.43. The van der Waals surface area contributed by atoms with Crippen LogP contribution in [0.15, 0.2) is 16.8 Å². The van der Waals surface area contributed by atoms with Gasteiger partial charge in [-0.1, -0.05) is 6.92 Å². The van der Waals surface area contributed by atoms with Crippen molar-refractivity contribution in [2.45, 2.75) is 25.4 Å². The molecule has 1 saturated heterocycles. The molecule has 2 unspecified atom stereocenters. The lowest BCUT2D eigenvalue weighted by molar-refractivity contribution is 0.0881. The predicted octanol–water partition coefficient (Wildman–Crippen LogP) is 1.51. The molecule has 1 aliphatic rings. The van der Waals surface area contributed by atoms with Crippen LogP contribution in [0.1, 0.15) is 12.5 Å². The van der Waals surface area contributed by atoms with E-state index in [4.69, 9.17) is 0 Å². The average Bonchev–Trinajstić information content (AvgIpc) is 2.85. The Morgan fingerprint density at radius 2 is 2.28 bits per heavy atom. The number of rotatable bonds is 5. The number of thiophene rings is 1. The Morgan fingerprint density at radius 3 is 2.94 bits per heavy atom. The summed E-state index contributed by atoms with van der Waals surface area (Å²) in [6.07, 6.45) is 1.14. The molecule has 102 valence electrons. The maximum absolute atomic E-state index is 3.68. The molecule has 2 heterocycles. The molecule has 1 aromatic heterocycles. The van der Waals surface area contributed by atoms with Crippen LogP contribution in [0.25, 0.3) is 0 Å². The molecule has 0 spiro atoms. The molecule has 0 bridgehead atoms. The van der Waals surface area contributed by atoms with E-state index in [1.54, 1.807) is 11.3 Å². The topological polar surface area (TPSA) is 18.5 Å². The Labute approximate surface area is 115 Å². The summed E-state index contributed by atoms with van der Waals surface area (Å²) in [7, 11) is 4.49. The average molecular weight is 267 g/mol. The van der Waals surface area contributed by atoms with Crippen molar-refractivity contribution in [1.29, 1.82) is 0 Å². The molecular formula is C14H25N3S. The summed E-state index contributed by atoms with van der Waals surface area (Å²) >= 11 is 1.80. The number of likely N-dealkylation sites (N-methyl/N-ethyl adjacent to an activating group) is 3. The zero-order valence-electron chi connectivity index (χ0n) is 11.7. The first kappa shape index (κ1) is 14.0. The van der Waals surface area contributed by atoms with Gasteiger partial charge in [0.15, 0.2) is 0 Å². The van der Waals surface area contributed by atoms with Gasteiger partial charge in [-0.05, 0) is 49.5 Å². The molecule has 3 nitrogen and oxygen atoms in total. The smallest absolute Gasteiger partial charge is 0.0377 e. The van der Waals surface area contributed by atoms with Gasteiger partial charge in [0.05, 0.1) is 0 Å². The number of hydrogen-bond acceptors (Lipinski definition) is 4. The van der Waals surface area contributed by atoms with Crippen molar-refractivity contribution in [2.24, 2.45) is 0 Å². The zero-order chi connectivity index (χ0) is 13.0. The number of nitrogens with one attached hydrogen (secondary N) is 1. The molecule has 0 aromatic carbocycles. The summed E-state index contributed by atoms with van der Waals surface area (Å²) in [6.45, 7) is 6.77. The quantitative estimate of drug-likeness (QED) is 0.872. The monoisotopic (exact) mass is 267 g/mol. The van der Waals surface area contributed by atoms with Crippen LogP contribution in [0.5, 0.6) is 0 Å². The predicted molar refractivity (Wildman–Crippen MR) is 79.4 cm³/mol. The fourth-order valence-electron chi connectivity index (χ4n) is 2.75. The highest BCUT2D eigenvalue weighted by molar-refractivity contribution is 7.07. The van der Waals surface area contributed by atoms with E-state index < -0.39 is 0 Å². The molecule has 1 aliphatic heterocycles. The molecule has 4 heteroatoms. The molecule has 1 aromatic rings. The van der Waals surface area contributed by atoms with Crippen LogP contribution < -0.4 is 5.32 Å². The van der Waals surface area contributed by atoms with Gasteiger partial charge in [0, 0.05) is 31.7 Å². The van der Waals surface area contributed by atoms with E-state index in [9.17, 15) is 0 Å². The van der Waals surface area contributed by atoms with E-state index in [0.29, 0.717) is 12.1 Å². The van der Waals surface area contributed by atoms with Crippen molar-refractivity contribution >= 4 is 11.3 Å². The third-order valence-electron chi connectivity index (χ3n) is 3.87. The van der Waals surface area contributed by atoms with Gasteiger partial charge in [-0.25, -0.2) is 0 Å². The van der Waals surface area contributed by atoms with Crippen molar-refractivity contribution in [3.05, 3.63) is 22.4 Å². The van der Waals surface area contributed by atoms with Gasteiger partial charge < -0.3 is 10.2 Å². The molecule has 2 atom stereocenters. The lowest BCUT2D eigenvalue weighted by Crippen LogP contribution is -2.59. The minimum atomic E-state index is 0.553. The molecular weight excluding hydrogens is 242 g/mol. The van der Waals surface area contributed by atoms with E-state index in [-0.39, 0.29) is 0 Å². The molecule has 0 saturated carbocycles. The summed E-state index contributed by atoms with van der Waals surface area (Å²) in [5, 5.41) is 8.13. The Balaban J connectivity index is 2.03. The van der Waals surface area contributed by atoms with Crippen LogP contribution in [0.3, 0.4) is 0 Å². The van der Waals surface area contributed by atoms with Crippen molar-refractivity contribution in [1.82, 2.24) is 15.1 Å². The van der Waals surface area contributed by atoms with Gasteiger partial charge in [-0.15, -0.1) is 0 Å².